The van der Waals surface area contributed by atoms with Crippen LogP contribution in [-0.4, -0.2) is 51.8 Å². The first-order chi connectivity index (χ1) is 17.6. The normalized spacial score (nSPS) is 17.5. The van der Waals surface area contributed by atoms with Crippen LogP contribution in [0.3, 0.4) is 0 Å². The molecule has 36 heavy (non-hydrogen) atoms. The molecule has 0 aliphatic carbocycles. The smallest absolute Gasteiger partial charge is 0.252 e. The van der Waals surface area contributed by atoms with Crippen molar-refractivity contribution in [1.29, 1.82) is 0 Å². The predicted octanol–water partition coefficient (Wildman–Crippen LogP) is 1.51. The fraction of sp³-hybridized carbons (Fsp3) is 0.370. The molecule has 2 aliphatic heterocycles. The number of hydrogen-bond donors (Lipinski definition) is 1. The Kier molecular flexibility index (Phi) is 7.29. The second kappa shape index (κ2) is 10.9. The SMILES string of the molecule is C=c1ccc(=O)n(CN2CCC(NCc3cc4c(cn3)OCCO4)CC2)/c1=C/C(=CC)c1ncco1. The minimum absolute atomic E-state index is 0.0542. The molecule has 0 spiro atoms. The zero-order valence-corrected chi connectivity index (χ0v) is 20.5. The summed E-state index contributed by atoms with van der Waals surface area (Å²) < 4.78 is 18.4. The minimum atomic E-state index is -0.0542. The zero-order valence-electron chi connectivity index (χ0n) is 20.5. The maximum Gasteiger partial charge on any atom is 0.252 e. The average molecular weight is 490 g/mol. The van der Waals surface area contributed by atoms with E-state index in [-0.39, 0.29) is 5.56 Å². The molecule has 5 rings (SSSR count). The monoisotopic (exact) mass is 489 g/mol. The van der Waals surface area contributed by atoms with Crippen molar-refractivity contribution < 1.29 is 13.9 Å². The summed E-state index contributed by atoms with van der Waals surface area (Å²) in [4.78, 5) is 23.9. The first kappa shape index (κ1) is 24.0. The number of fused-ring (bicyclic) bond motifs is 1. The number of likely N-dealkylation sites (tertiary alicyclic amines) is 1. The van der Waals surface area contributed by atoms with Gasteiger partial charge in [0.2, 0.25) is 5.89 Å². The highest BCUT2D eigenvalue weighted by Crippen LogP contribution is 2.29. The molecular weight excluding hydrogens is 458 g/mol. The zero-order chi connectivity index (χ0) is 24.9. The van der Waals surface area contributed by atoms with Gasteiger partial charge in [-0.25, -0.2) is 4.98 Å². The molecule has 2 aliphatic rings. The average Bonchev–Trinajstić information content (AvgIpc) is 3.45. The molecule has 9 nitrogen and oxygen atoms in total. The van der Waals surface area contributed by atoms with E-state index in [2.05, 4.69) is 26.8 Å². The largest absolute Gasteiger partial charge is 0.486 e. The van der Waals surface area contributed by atoms with E-state index in [1.807, 2.05) is 25.1 Å². The number of rotatable bonds is 7. The molecule has 0 amide bonds. The first-order valence-corrected chi connectivity index (χ1v) is 12.3. The minimum Gasteiger partial charge on any atom is -0.486 e. The highest BCUT2D eigenvalue weighted by molar-refractivity contribution is 5.84. The van der Waals surface area contributed by atoms with Crippen molar-refractivity contribution in [2.75, 3.05) is 26.3 Å². The molecule has 1 N–H and O–H groups in total. The first-order valence-electron chi connectivity index (χ1n) is 12.3. The maximum absolute atomic E-state index is 12.8. The van der Waals surface area contributed by atoms with Crippen molar-refractivity contribution in [3.8, 4) is 11.5 Å². The van der Waals surface area contributed by atoms with Crippen LogP contribution in [-0.2, 0) is 13.2 Å². The summed E-state index contributed by atoms with van der Waals surface area (Å²) in [6.07, 6.45) is 10.7. The van der Waals surface area contributed by atoms with Crippen molar-refractivity contribution in [1.82, 2.24) is 24.8 Å². The van der Waals surface area contributed by atoms with Gasteiger partial charge in [-0.15, -0.1) is 0 Å². The number of allylic oxidation sites excluding steroid dienone is 2. The summed E-state index contributed by atoms with van der Waals surface area (Å²) in [5.74, 6) is 1.98. The Morgan fingerprint density at radius 3 is 2.75 bits per heavy atom. The Labute approximate surface area is 209 Å². The van der Waals surface area contributed by atoms with Crippen molar-refractivity contribution in [3.05, 3.63) is 75.4 Å². The molecule has 0 bridgehead atoms. The Morgan fingerprint density at radius 1 is 1.19 bits per heavy atom. The molecule has 3 aromatic heterocycles. The van der Waals surface area contributed by atoms with Crippen LogP contribution in [0.4, 0.5) is 0 Å². The van der Waals surface area contributed by atoms with E-state index in [1.165, 1.54) is 6.26 Å². The van der Waals surface area contributed by atoms with Gasteiger partial charge in [0.15, 0.2) is 11.5 Å². The van der Waals surface area contributed by atoms with Gasteiger partial charge in [0.1, 0.15) is 19.5 Å². The molecule has 0 saturated carbocycles. The summed E-state index contributed by atoms with van der Waals surface area (Å²) in [5.41, 5.74) is 1.69. The van der Waals surface area contributed by atoms with Gasteiger partial charge >= 0.3 is 0 Å². The number of oxazole rings is 1. The van der Waals surface area contributed by atoms with Crippen molar-refractivity contribution in [3.63, 3.8) is 0 Å². The molecule has 9 heteroatoms. The Balaban J connectivity index is 1.23. The lowest BCUT2D eigenvalue weighted by molar-refractivity contribution is 0.154. The van der Waals surface area contributed by atoms with E-state index in [9.17, 15) is 4.79 Å². The van der Waals surface area contributed by atoms with Crippen LogP contribution in [0.1, 0.15) is 31.4 Å². The van der Waals surface area contributed by atoms with Crippen LogP contribution in [0.2, 0.25) is 0 Å². The summed E-state index contributed by atoms with van der Waals surface area (Å²) >= 11 is 0. The summed E-state index contributed by atoms with van der Waals surface area (Å²) in [5, 5.41) is 5.16. The topological polar surface area (TPSA) is 94.7 Å². The van der Waals surface area contributed by atoms with Gasteiger partial charge < -0.3 is 19.2 Å². The molecule has 5 heterocycles. The lowest BCUT2D eigenvalue weighted by Crippen LogP contribution is -2.49. The quantitative estimate of drug-likeness (QED) is 0.534. The lowest BCUT2D eigenvalue weighted by Gasteiger charge is -2.32. The molecule has 188 valence electrons. The van der Waals surface area contributed by atoms with Gasteiger partial charge in [0.05, 0.1) is 30.1 Å². The van der Waals surface area contributed by atoms with Gasteiger partial charge in [-0.1, -0.05) is 12.7 Å². The summed E-state index contributed by atoms with van der Waals surface area (Å²) in [6.45, 7) is 10.2. The standard InChI is InChI=1S/C27H31N5O4/c1-3-20(27-28-8-11-36-27)14-23-19(2)4-5-26(33)32(23)18-31-9-6-21(7-10-31)29-16-22-15-24-25(17-30-22)35-13-12-34-24/h3-5,8,11,14-15,17,21,29H,2,6-7,9-10,12-13,16,18H2,1H3/b20-3?,23-14+. The molecule has 0 aromatic carbocycles. The van der Waals surface area contributed by atoms with Crippen LogP contribution in [0.25, 0.3) is 18.2 Å². The van der Waals surface area contributed by atoms with Crippen LogP contribution in [0.5, 0.6) is 11.5 Å². The summed E-state index contributed by atoms with van der Waals surface area (Å²) in [7, 11) is 0. The predicted molar refractivity (Wildman–Crippen MR) is 137 cm³/mol. The number of piperidine rings is 1. The summed E-state index contributed by atoms with van der Waals surface area (Å²) in [6, 6.07) is 5.67. The van der Waals surface area contributed by atoms with Gasteiger partial charge in [-0.2, -0.15) is 0 Å². The van der Waals surface area contributed by atoms with Crippen LogP contribution in [0.15, 0.2) is 52.1 Å². The van der Waals surface area contributed by atoms with Gasteiger partial charge in [0, 0.05) is 43.4 Å². The van der Waals surface area contributed by atoms with E-state index < -0.39 is 0 Å². The Bertz CT molecular complexity index is 1390. The van der Waals surface area contributed by atoms with Crippen molar-refractivity contribution in [2.45, 2.75) is 39.0 Å². The van der Waals surface area contributed by atoms with Gasteiger partial charge in [-0.05, 0) is 37.1 Å². The maximum atomic E-state index is 12.8. The molecular formula is C27H31N5O4. The van der Waals surface area contributed by atoms with E-state index in [1.54, 1.807) is 29.1 Å². The number of hydrogen-bond acceptors (Lipinski definition) is 8. The third kappa shape index (κ3) is 5.42. The number of nitrogens with zero attached hydrogens (tertiary/aromatic N) is 4. The fourth-order valence-electron chi connectivity index (χ4n) is 4.55. The lowest BCUT2D eigenvalue weighted by atomic mass is 10.1. The molecule has 1 fully saturated rings. The van der Waals surface area contributed by atoms with Crippen LogP contribution < -0.4 is 30.9 Å². The Hall–Kier alpha value is -3.69. The third-order valence-corrected chi connectivity index (χ3v) is 6.58. The molecule has 0 atom stereocenters. The third-order valence-electron chi connectivity index (χ3n) is 6.58. The van der Waals surface area contributed by atoms with Crippen molar-refractivity contribution >= 4 is 18.2 Å². The van der Waals surface area contributed by atoms with E-state index in [0.29, 0.717) is 44.1 Å². The molecule has 0 radical (unpaired) electrons. The highest BCUT2D eigenvalue weighted by atomic mass is 16.6. The fourth-order valence-corrected chi connectivity index (χ4v) is 4.55. The number of pyridine rings is 2. The second-order valence-corrected chi connectivity index (χ2v) is 8.97. The van der Waals surface area contributed by atoms with Crippen LogP contribution in [0, 0.1) is 0 Å². The number of ether oxygens (including phenoxy) is 2. The van der Waals surface area contributed by atoms with Gasteiger partial charge in [-0.3, -0.25) is 19.2 Å². The molecule has 1 saturated heterocycles. The highest BCUT2D eigenvalue weighted by Gasteiger charge is 2.20. The van der Waals surface area contributed by atoms with Crippen LogP contribution >= 0.6 is 0 Å². The van der Waals surface area contributed by atoms with Gasteiger partial charge in [0.25, 0.3) is 5.56 Å². The Morgan fingerprint density at radius 2 is 2.00 bits per heavy atom. The number of aromatic nitrogens is 3. The molecule has 0 unspecified atom stereocenters. The van der Waals surface area contributed by atoms with E-state index in [4.69, 9.17) is 13.9 Å². The number of nitrogens with one attached hydrogen (secondary N) is 1. The second-order valence-electron chi connectivity index (χ2n) is 8.97. The van der Waals surface area contributed by atoms with Crippen molar-refractivity contribution in [2.24, 2.45) is 0 Å². The molecule has 3 aromatic rings. The van der Waals surface area contributed by atoms with E-state index in [0.717, 1.165) is 53.5 Å². The van der Waals surface area contributed by atoms with E-state index >= 15 is 0 Å².